The molecule has 0 unspecified atom stereocenters. The van der Waals surface area contributed by atoms with Crippen molar-refractivity contribution in [3.05, 3.63) is 25.3 Å². The predicted molar refractivity (Wildman–Crippen MR) is 100 cm³/mol. The van der Waals surface area contributed by atoms with E-state index in [1.54, 1.807) is 28.9 Å². The maximum absolute atomic E-state index is 12.5. The molecule has 1 amide bonds. The van der Waals surface area contributed by atoms with E-state index in [0.29, 0.717) is 39.0 Å². The highest BCUT2D eigenvalue weighted by atomic mass is 32.2. The summed E-state index contributed by atoms with van der Waals surface area (Å²) >= 11 is 0. The number of amides is 1. The number of hydrogen-bond acceptors (Lipinski definition) is 5. The smallest absolute Gasteiger partial charge is 0.317 e. The van der Waals surface area contributed by atoms with E-state index in [1.165, 1.54) is 4.31 Å². The number of rotatable bonds is 11. The van der Waals surface area contributed by atoms with Crippen LogP contribution in [0.4, 0.5) is 0 Å². The lowest BCUT2D eigenvalue weighted by Gasteiger charge is -2.37. The second-order valence-electron chi connectivity index (χ2n) is 6.21. The lowest BCUT2D eigenvalue weighted by atomic mass is 10.0. The monoisotopic (exact) mass is 387 g/mol. The van der Waals surface area contributed by atoms with E-state index in [4.69, 9.17) is 0 Å². The van der Waals surface area contributed by atoms with E-state index < -0.39 is 16.0 Å². The summed E-state index contributed by atoms with van der Waals surface area (Å²) in [5.74, 6) is -1.16. The van der Waals surface area contributed by atoms with Crippen molar-refractivity contribution >= 4 is 21.9 Å². The first-order valence-corrected chi connectivity index (χ1v) is 10.3. The van der Waals surface area contributed by atoms with Gasteiger partial charge in [0.25, 0.3) is 0 Å². The molecule has 1 fully saturated rings. The molecule has 1 saturated heterocycles. The quantitative estimate of drug-likeness (QED) is 0.515. The number of carbonyl (C=O) groups excluding carboxylic acids is 1. The Bertz CT molecular complexity index is 602. The second-order valence-corrected chi connectivity index (χ2v) is 8.46. The minimum atomic E-state index is -3.24. The van der Waals surface area contributed by atoms with Crippen molar-refractivity contribution in [2.45, 2.75) is 25.8 Å². The topological polar surface area (TPSA) is 98.2 Å². The van der Waals surface area contributed by atoms with Gasteiger partial charge in [-0.15, -0.1) is 13.2 Å². The molecular formula is C17H29N3O5S. The van der Waals surface area contributed by atoms with Crippen molar-refractivity contribution in [2.24, 2.45) is 0 Å². The van der Waals surface area contributed by atoms with Gasteiger partial charge in [-0.25, -0.2) is 12.7 Å². The summed E-state index contributed by atoms with van der Waals surface area (Å²) < 4.78 is 25.4. The first kappa shape index (κ1) is 22.3. The molecule has 0 aliphatic carbocycles. The number of piperidine rings is 1. The number of aliphatic carboxylic acids is 1. The van der Waals surface area contributed by atoms with Gasteiger partial charge in [-0.2, -0.15) is 0 Å². The van der Waals surface area contributed by atoms with Crippen molar-refractivity contribution in [1.29, 1.82) is 0 Å². The van der Waals surface area contributed by atoms with Crippen molar-refractivity contribution in [3.63, 3.8) is 0 Å². The number of carbonyl (C=O) groups is 2. The maximum atomic E-state index is 12.5. The van der Waals surface area contributed by atoms with Gasteiger partial charge >= 0.3 is 5.97 Å². The molecule has 0 bridgehead atoms. The molecule has 1 aliphatic heterocycles. The zero-order chi connectivity index (χ0) is 19.7. The highest BCUT2D eigenvalue weighted by Crippen LogP contribution is 2.19. The molecule has 0 aromatic rings. The molecule has 0 atom stereocenters. The van der Waals surface area contributed by atoms with Gasteiger partial charge in [-0.3, -0.25) is 14.5 Å². The Morgan fingerprint density at radius 1 is 1.15 bits per heavy atom. The minimum absolute atomic E-state index is 0.0286. The number of sulfonamides is 1. The van der Waals surface area contributed by atoms with E-state index in [1.807, 2.05) is 0 Å². The van der Waals surface area contributed by atoms with E-state index in [-0.39, 0.29) is 30.8 Å². The Kier molecular flexibility index (Phi) is 8.97. The van der Waals surface area contributed by atoms with Crippen LogP contribution in [0, 0.1) is 0 Å². The van der Waals surface area contributed by atoms with Gasteiger partial charge in [0.2, 0.25) is 15.9 Å². The lowest BCUT2D eigenvalue weighted by Crippen LogP contribution is -2.51. The number of carboxylic acids is 1. The summed E-state index contributed by atoms with van der Waals surface area (Å²) in [7, 11) is -3.24. The molecule has 148 valence electrons. The van der Waals surface area contributed by atoms with Crippen molar-refractivity contribution in [2.75, 3.05) is 45.0 Å². The van der Waals surface area contributed by atoms with Crippen molar-refractivity contribution in [1.82, 2.24) is 14.1 Å². The Hall–Kier alpha value is -1.71. The van der Waals surface area contributed by atoms with E-state index in [0.717, 1.165) is 0 Å². The molecule has 26 heavy (non-hydrogen) atoms. The molecule has 0 radical (unpaired) electrons. The van der Waals surface area contributed by atoms with Gasteiger partial charge in [0.1, 0.15) is 0 Å². The summed E-state index contributed by atoms with van der Waals surface area (Å²) in [4.78, 5) is 26.9. The first-order chi connectivity index (χ1) is 12.2. The fourth-order valence-electron chi connectivity index (χ4n) is 3.02. The summed E-state index contributed by atoms with van der Waals surface area (Å²) in [6.07, 6.45) is 4.22. The lowest BCUT2D eigenvalue weighted by molar-refractivity contribution is -0.140. The number of carboxylic acid groups (broad SMARTS) is 1. The van der Waals surface area contributed by atoms with E-state index >= 15 is 0 Å². The van der Waals surface area contributed by atoms with Crippen LogP contribution >= 0.6 is 0 Å². The fourth-order valence-corrected chi connectivity index (χ4v) is 4.15. The molecule has 1 rings (SSSR count). The highest BCUT2D eigenvalue weighted by molar-refractivity contribution is 7.89. The summed E-state index contributed by atoms with van der Waals surface area (Å²) in [5.41, 5.74) is 0. The highest BCUT2D eigenvalue weighted by Gasteiger charge is 2.31. The third-order valence-corrected chi connectivity index (χ3v) is 6.31. The van der Waals surface area contributed by atoms with Crippen LogP contribution in [-0.4, -0.2) is 90.6 Å². The average Bonchev–Trinajstić information content (AvgIpc) is 2.60. The molecule has 0 aromatic heterocycles. The zero-order valence-corrected chi connectivity index (χ0v) is 16.2. The largest absolute Gasteiger partial charge is 0.480 e. The Morgan fingerprint density at radius 2 is 1.69 bits per heavy atom. The predicted octanol–water partition coefficient (Wildman–Crippen LogP) is 0.388. The molecule has 8 nitrogen and oxygen atoms in total. The van der Waals surface area contributed by atoms with Crippen LogP contribution in [0.15, 0.2) is 25.3 Å². The normalized spacial score (nSPS) is 16.4. The third-order valence-electron chi connectivity index (χ3n) is 4.43. The molecule has 9 heteroatoms. The van der Waals surface area contributed by atoms with E-state index in [2.05, 4.69) is 13.2 Å². The molecule has 0 spiro atoms. The van der Waals surface area contributed by atoms with Crippen LogP contribution in [0.3, 0.4) is 0 Å². The van der Waals surface area contributed by atoms with Crippen LogP contribution < -0.4 is 0 Å². The molecule has 0 saturated carbocycles. The molecule has 0 aromatic carbocycles. The van der Waals surface area contributed by atoms with Crippen LogP contribution in [-0.2, 0) is 19.6 Å². The van der Waals surface area contributed by atoms with Gasteiger partial charge in [-0.1, -0.05) is 12.2 Å². The number of hydrogen-bond donors (Lipinski definition) is 1. The molecule has 1 aliphatic rings. The van der Waals surface area contributed by atoms with Crippen LogP contribution in [0.25, 0.3) is 0 Å². The fraction of sp³-hybridized carbons (Fsp3) is 0.647. The molecule has 1 N–H and O–H groups in total. The van der Waals surface area contributed by atoms with Gasteiger partial charge in [0, 0.05) is 32.2 Å². The first-order valence-electron chi connectivity index (χ1n) is 8.68. The van der Waals surface area contributed by atoms with Crippen LogP contribution in [0.5, 0.6) is 0 Å². The SMILES string of the molecule is C=CCN(CC=C)C(=O)CN(CC(=O)O)C1CCN(S(=O)(=O)CC)CC1. The molecule has 1 heterocycles. The Morgan fingerprint density at radius 3 is 2.12 bits per heavy atom. The maximum Gasteiger partial charge on any atom is 0.317 e. The summed E-state index contributed by atoms with van der Waals surface area (Å²) in [5, 5.41) is 9.19. The summed E-state index contributed by atoms with van der Waals surface area (Å²) in [6.45, 7) is 9.97. The zero-order valence-electron chi connectivity index (χ0n) is 15.3. The van der Waals surface area contributed by atoms with Gasteiger partial charge < -0.3 is 10.0 Å². The third kappa shape index (κ3) is 6.54. The number of nitrogens with zero attached hydrogens (tertiary/aromatic N) is 3. The standard InChI is InChI=1S/C17H29N3O5S/c1-4-9-18(10-5-2)16(21)13-19(14-17(22)23)15-7-11-20(12-8-15)26(24,25)6-3/h4-5,15H,1-2,6-14H2,3H3,(H,22,23). The van der Waals surface area contributed by atoms with E-state index in [9.17, 15) is 23.1 Å². The van der Waals surface area contributed by atoms with Gasteiger partial charge in [0.15, 0.2) is 0 Å². The van der Waals surface area contributed by atoms with Crippen LogP contribution in [0.2, 0.25) is 0 Å². The van der Waals surface area contributed by atoms with Gasteiger partial charge in [0.05, 0.1) is 18.8 Å². The van der Waals surface area contributed by atoms with Crippen molar-refractivity contribution < 1.29 is 23.1 Å². The second kappa shape index (κ2) is 10.4. The molecular weight excluding hydrogens is 358 g/mol. The average molecular weight is 388 g/mol. The minimum Gasteiger partial charge on any atom is -0.480 e. The van der Waals surface area contributed by atoms with Gasteiger partial charge in [-0.05, 0) is 19.8 Å². The Labute approximate surface area is 155 Å². The summed E-state index contributed by atoms with van der Waals surface area (Å²) in [6, 6.07) is -0.146. The van der Waals surface area contributed by atoms with Crippen LogP contribution in [0.1, 0.15) is 19.8 Å². The van der Waals surface area contributed by atoms with Crippen molar-refractivity contribution in [3.8, 4) is 0 Å². The Balaban J connectivity index is 2.78.